The van der Waals surface area contributed by atoms with Crippen molar-refractivity contribution in [1.29, 1.82) is 0 Å². The number of amides is 2. The summed E-state index contributed by atoms with van der Waals surface area (Å²) in [5.41, 5.74) is -1.81. The number of carbonyl (C=O) groups is 1. The van der Waals surface area contributed by atoms with Crippen molar-refractivity contribution in [1.82, 2.24) is 5.32 Å². The number of carbonyl (C=O) groups excluding carboxylic acids is 1. The van der Waals surface area contributed by atoms with Gasteiger partial charge in [0.25, 0.3) is 5.92 Å². The molecule has 0 saturated heterocycles. The molecule has 3 rings (SSSR count). The van der Waals surface area contributed by atoms with Gasteiger partial charge in [-0.15, -0.1) is 0 Å². The minimum atomic E-state index is -3.41. The van der Waals surface area contributed by atoms with Gasteiger partial charge in [0.2, 0.25) is 0 Å². The van der Waals surface area contributed by atoms with E-state index in [0.717, 1.165) is 6.92 Å². The number of alkyl halides is 2. The molecular formula is C18H15Cl2F3N2O2. The third-order valence-corrected chi connectivity index (χ3v) is 5.27. The molecule has 27 heavy (non-hydrogen) atoms. The highest BCUT2D eigenvalue weighted by molar-refractivity contribution is 6.40. The van der Waals surface area contributed by atoms with Crippen molar-refractivity contribution in [2.75, 3.05) is 5.32 Å². The van der Waals surface area contributed by atoms with E-state index in [4.69, 9.17) is 23.2 Å². The molecule has 0 spiro atoms. The van der Waals surface area contributed by atoms with Gasteiger partial charge >= 0.3 is 6.03 Å². The lowest BCUT2D eigenvalue weighted by molar-refractivity contribution is -0.163. The van der Waals surface area contributed by atoms with Gasteiger partial charge in [-0.25, -0.2) is 18.0 Å². The van der Waals surface area contributed by atoms with Crippen molar-refractivity contribution in [3.05, 3.63) is 62.9 Å². The minimum absolute atomic E-state index is 0.0258. The van der Waals surface area contributed by atoms with Gasteiger partial charge < -0.3 is 15.7 Å². The molecule has 2 amide bonds. The fourth-order valence-electron chi connectivity index (χ4n) is 2.92. The first kappa shape index (κ1) is 19.8. The first-order chi connectivity index (χ1) is 12.5. The Bertz CT molecular complexity index is 902. The van der Waals surface area contributed by atoms with Crippen LogP contribution in [-0.2, 0) is 18.6 Å². The highest BCUT2D eigenvalue weighted by Gasteiger charge is 2.57. The van der Waals surface area contributed by atoms with Gasteiger partial charge in [0.15, 0.2) is 5.60 Å². The summed E-state index contributed by atoms with van der Waals surface area (Å²) in [6.07, 6.45) is -0.767. The summed E-state index contributed by atoms with van der Waals surface area (Å²) < 4.78 is 41.0. The highest BCUT2D eigenvalue weighted by Crippen LogP contribution is 2.52. The molecular weight excluding hydrogens is 404 g/mol. The van der Waals surface area contributed by atoms with Crippen LogP contribution in [0.1, 0.15) is 23.6 Å². The molecule has 0 aliphatic heterocycles. The summed E-state index contributed by atoms with van der Waals surface area (Å²) in [5, 5.41) is 14.9. The van der Waals surface area contributed by atoms with Gasteiger partial charge in [0.1, 0.15) is 5.82 Å². The second kappa shape index (κ2) is 6.89. The number of hydrogen-bond donors (Lipinski definition) is 3. The van der Waals surface area contributed by atoms with E-state index < -0.39 is 29.8 Å². The molecule has 1 aliphatic rings. The van der Waals surface area contributed by atoms with E-state index in [9.17, 15) is 23.1 Å². The molecule has 3 N–H and O–H groups in total. The van der Waals surface area contributed by atoms with Gasteiger partial charge in [0, 0.05) is 13.0 Å². The maximum absolute atomic E-state index is 14.1. The normalized spacial score (nSPS) is 20.3. The fourth-order valence-corrected chi connectivity index (χ4v) is 3.53. The van der Waals surface area contributed by atoms with Gasteiger partial charge in [-0.2, -0.15) is 0 Å². The summed E-state index contributed by atoms with van der Waals surface area (Å²) in [6.45, 7) is 1.10. The predicted molar refractivity (Wildman–Crippen MR) is 96.9 cm³/mol. The van der Waals surface area contributed by atoms with Gasteiger partial charge in [0.05, 0.1) is 15.7 Å². The van der Waals surface area contributed by atoms with E-state index in [-0.39, 0.29) is 33.4 Å². The van der Waals surface area contributed by atoms with E-state index in [0.29, 0.717) is 5.56 Å². The molecule has 4 nitrogen and oxygen atoms in total. The molecule has 0 bridgehead atoms. The molecule has 0 saturated carbocycles. The molecule has 1 aliphatic carbocycles. The van der Waals surface area contributed by atoms with Crippen molar-refractivity contribution in [2.45, 2.75) is 31.4 Å². The minimum Gasteiger partial charge on any atom is -0.379 e. The molecule has 9 heteroatoms. The van der Waals surface area contributed by atoms with E-state index in [1.807, 2.05) is 0 Å². The second-order valence-electron chi connectivity index (χ2n) is 6.46. The van der Waals surface area contributed by atoms with E-state index in [1.54, 1.807) is 0 Å². The number of aliphatic hydroxyl groups is 1. The Morgan fingerprint density at radius 3 is 2.52 bits per heavy atom. The van der Waals surface area contributed by atoms with Crippen LogP contribution >= 0.6 is 23.2 Å². The summed E-state index contributed by atoms with van der Waals surface area (Å²) in [5.74, 6) is -3.81. The zero-order chi connectivity index (χ0) is 20.0. The van der Waals surface area contributed by atoms with Crippen molar-refractivity contribution in [2.24, 2.45) is 0 Å². The molecule has 144 valence electrons. The van der Waals surface area contributed by atoms with Crippen LogP contribution in [0.2, 0.25) is 10.0 Å². The van der Waals surface area contributed by atoms with Crippen LogP contribution in [0.3, 0.4) is 0 Å². The van der Waals surface area contributed by atoms with Crippen LogP contribution in [0.4, 0.5) is 23.7 Å². The van der Waals surface area contributed by atoms with Crippen LogP contribution in [0.25, 0.3) is 0 Å². The van der Waals surface area contributed by atoms with Crippen molar-refractivity contribution in [3.8, 4) is 0 Å². The Morgan fingerprint density at radius 2 is 1.89 bits per heavy atom. The largest absolute Gasteiger partial charge is 0.379 e. The number of rotatable bonds is 3. The first-order valence-corrected chi connectivity index (χ1v) is 8.69. The second-order valence-corrected chi connectivity index (χ2v) is 7.25. The first-order valence-electron chi connectivity index (χ1n) is 7.94. The van der Waals surface area contributed by atoms with E-state index in [2.05, 4.69) is 10.6 Å². The zero-order valence-corrected chi connectivity index (χ0v) is 15.6. The lowest BCUT2D eigenvalue weighted by Crippen LogP contribution is -2.38. The lowest BCUT2D eigenvalue weighted by atomic mass is 9.96. The summed E-state index contributed by atoms with van der Waals surface area (Å²) in [7, 11) is 0. The summed E-state index contributed by atoms with van der Waals surface area (Å²) in [4.78, 5) is 12.1. The molecule has 1 atom stereocenters. The number of hydrogen-bond acceptors (Lipinski definition) is 2. The third-order valence-electron chi connectivity index (χ3n) is 4.56. The number of benzene rings is 2. The quantitative estimate of drug-likeness (QED) is 0.666. The Labute approximate surface area is 163 Å². The van der Waals surface area contributed by atoms with Gasteiger partial charge in [-0.05, 0) is 41.8 Å². The predicted octanol–water partition coefficient (Wildman–Crippen LogP) is 4.85. The average molecular weight is 419 g/mol. The average Bonchev–Trinajstić information content (AvgIpc) is 2.77. The van der Waals surface area contributed by atoms with Crippen LogP contribution < -0.4 is 10.6 Å². The monoisotopic (exact) mass is 418 g/mol. The molecule has 1 unspecified atom stereocenters. The van der Waals surface area contributed by atoms with E-state index >= 15 is 0 Å². The topological polar surface area (TPSA) is 61.4 Å². The van der Waals surface area contributed by atoms with E-state index in [1.165, 1.54) is 30.3 Å². The SMILES string of the molecule is CC1(O)c2cc(Cl)c(NC(=O)NCc3ccc(F)cc3)c(Cl)c2CC1(F)F. The smallest absolute Gasteiger partial charge is 0.319 e. The van der Waals surface area contributed by atoms with Crippen LogP contribution in [0.15, 0.2) is 30.3 Å². The van der Waals surface area contributed by atoms with Crippen LogP contribution in [0.5, 0.6) is 0 Å². The highest BCUT2D eigenvalue weighted by atomic mass is 35.5. The molecule has 2 aromatic rings. The summed E-state index contributed by atoms with van der Waals surface area (Å²) >= 11 is 12.3. The zero-order valence-electron chi connectivity index (χ0n) is 14.0. The van der Waals surface area contributed by atoms with Crippen molar-refractivity contribution in [3.63, 3.8) is 0 Å². The molecule has 0 heterocycles. The number of nitrogens with one attached hydrogen (secondary N) is 2. The Balaban J connectivity index is 1.78. The van der Waals surface area contributed by atoms with Crippen molar-refractivity contribution < 1.29 is 23.1 Å². The van der Waals surface area contributed by atoms with Crippen molar-refractivity contribution >= 4 is 34.9 Å². The number of fused-ring (bicyclic) bond motifs is 1. The lowest BCUT2D eigenvalue weighted by Gasteiger charge is -2.26. The maximum atomic E-state index is 14.1. The number of anilines is 1. The molecule has 0 radical (unpaired) electrons. The Hall–Kier alpha value is -1.96. The number of halogens is 5. The molecule has 0 fully saturated rings. The molecule has 2 aromatic carbocycles. The van der Waals surface area contributed by atoms with Crippen LogP contribution in [0, 0.1) is 5.82 Å². The van der Waals surface area contributed by atoms with Crippen LogP contribution in [-0.4, -0.2) is 17.1 Å². The third kappa shape index (κ3) is 3.59. The standard InChI is InChI=1S/C18H15Cl2F3N2O2/c1-17(27)12-6-13(19)15(14(20)11(12)7-18(17,22)23)25-16(26)24-8-9-2-4-10(21)5-3-9/h2-6,27H,7-8H2,1H3,(H2,24,25,26). The number of urea groups is 1. The Kier molecular flexibility index (Phi) is 5.05. The van der Waals surface area contributed by atoms with Gasteiger partial charge in [-0.1, -0.05) is 35.3 Å². The summed E-state index contributed by atoms with van der Waals surface area (Å²) in [6, 6.07) is 6.05. The fraction of sp³-hybridized carbons (Fsp3) is 0.278. The molecule has 0 aromatic heterocycles. The maximum Gasteiger partial charge on any atom is 0.319 e. The van der Waals surface area contributed by atoms with Gasteiger partial charge in [-0.3, -0.25) is 0 Å². The Morgan fingerprint density at radius 1 is 1.26 bits per heavy atom.